The molecule has 0 aliphatic carbocycles. The minimum atomic E-state index is -0.936. The van der Waals surface area contributed by atoms with Gasteiger partial charge in [-0.25, -0.2) is 4.79 Å². The van der Waals surface area contributed by atoms with Crippen LogP contribution in [0.25, 0.3) is 21.5 Å². The van der Waals surface area contributed by atoms with Crippen LogP contribution in [0.15, 0.2) is 36.4 Å². The molecule has 0 radical (unpaired) electrons. The Balaban J connectivity index is 2.45. The Morgan fingerprint density at radius 2 is 1.87 bits per heavy atom. The van der Waals surface area contributed by atoms with E-state index in [1.165, 1.54) is 0 Å². The van der Waals surface area contributed by atoms with Crippen LogP contribution in [0.3, 0.4) is 0 Å². The van der Waals surface area contributed by atoms with Gasteiger partial charge in [-0.1, -0.05) is 0 Å². The second-order valence-electron chi connectivity index (χ2n) is 5.41. The van der Waals surface area contributed by atoms with Gasteiger partial charge in [-0.2, -0.15) is 0 Å². The minimum absolute atomic E-state index is 0.290. The molecule has 0 bridgehead atoms. The highest BCUT2D eigenvalue weighted by atomic mass is 16.5. The van der Waals surface area contributed by atoms with Crippen LogP contribution in [-0.4, -0.2) is 24.8 Å². The van der Waals surface area contributed by atoms with Gasteiger partial charge in [0.25, 0.3) is 0 Å². The number of hydrogen-bond acceptors (Lipinski definition) is 3. The van der Waals surface area contributed by atoms with Gasteiger partial charge in [0.15, 0.2) is 0 Å². The standard InChI is InChI=1S/C19H18O4/c1-4-23-18-10-15-12(7-11(18)2)8-17(19(20)21)14-6-5-13(22-3)9-16(14)15/h5-10H,4H2,1-3H3,(H,20,21). The molecule has 0 amide bonds. The summed E-state index contributed by atoms with van der Waals surface area (Å²) in [5, 5.41) is 12.9. The zero-order valence-electron chi connectivity index (χ0n) is 13.3. The predicted molar refractivity (Wildman–Crippen MR) is 90.9 cm³/mol. The third-order valence-electron chi connectivity index (χ3n) is 3.98. The number of aryl methyl sites for hydroxylation is 1. The maximum atomic E-state index is 11.6. The maximum Gasteiger partial charge on any atom is 0.336 e. The van der Waals surface area contributed by atoms with Crippen molar-refractivity contribution < 1.29 is 19.4 Å². The Morgan fingerprint density at radius 3 is 2.52 bits per heavy atom. The van der Waals surface area contributed by atoms with Crippen LogP contribution in [0, 0.1) is 6.92 Å². The van der Waals surface area contributed by atoms with E-state index < -0.39 is 5.97 Å². The molecule has 0 aliphatic heterocycles. The zero-order valence-corrected chi connectivity index (χ0v) is 13.3. The maximum absolute atomic E-state index is 11.6. The molecule has 0 fully saturated rings. The second-order valence-corrected chi connectivity index (χ2v) is 5.41. The summed E-state index contributed by atoms with van der Waals surface area (Å²) >= 11 is 0. The Kier molecular flexibility index (Phi) is 3.82. The van der Waals surface area contributed by atoms with E-state index in [9.17, 15) is 9.90 Å². The first-order valence-electron chi connectivity index (χ1n) is 7.46. The Bertz CT molecular complexity index is 912. The second kappa shape index (κ2) is 5.80. The molecule has 4 heteroatoms. The van der Waals surface area contributed by atoms with Crippen molar-refractivity contribution in [2.75, 3.05) is 13.7 Å². The van der Waals surface area contributed by atoms with E-state index in [4.69, 9.17) is 9.47 Å². The Morgan fingerprint density at radius 1 is 1.09 bits per heavy atom. The molecule has 0 atom stereocenters. The van der Waals surface area contributed by atoms with Gasteiger partial charge in [0.1, 0.15) is 11.5 Å². The third-order valence-corrected chi connectivity index (χ3v) is 3.98. The Labute approximate surface area is 134 Å². The molecule has 23 heavy (non-hydrogen) atoms. The number of hydrogen-bond donors (Lipinski definition) is 1. The first-order chi connectivity index (χ1) is 11.0. The van der Waals surface area contributed by atoms with Crippen LogP contribution in [-0.2, 0) is 0 Å². The van der Waals surface area contributed by atoms with E-state index >= 15 is 0 Å². The first-order valence-corrected chi connectivity index (χ1v) is 7.46. The summed E-state index contributed by atoms with van der Waals surface area (Å²) in [5.41, 5.74) is 1.27. The van der Waals surface area contributed by atoms with E-state index in [2.05, 4.69) is 0 Å². The molecule has 118 valence electrons. The fourth-order valence-electron chi connectivity index (χ4n) is 2.89. The average molecular weight is 310 g/mol. The molecule has 0 aromatic heterocycles. The van der Waals surface area contributed by atoms with Gasteiger partial charge in [0.2, 0.25) is 0 Å². The summed E-state index contributed by atoms with van der Waals surface area (Å²) in [6.07, 6.45) is 0. The number of ether oxygens (including phenoxy) is 2. The number of methoxy groups -OCH3 is 1. The summed E-state index contributed by atoms with van der Waals surface area (Å²) in [6, 6.07) is 11.1. The normalized spacial score (nSPS) is 10.9. The summed E-state index contributed by atoms with van der Waals surface area (Å²) in [6.45, 7) is 4.49. The van der Waals surface area contributed by atoms with E-state index in [0.29, 0.717) is 23.3 Å². The number of fused-ring (bicyclic) bond motifs is 3. The number of aromatic carboxylic acids is 1. The molecule has 0 spiro atoms. The van der Waals surface area contributed by atoms with Crippen molar-refractivity contribution in [2.45, 2.75) is 13.8 Å². The third kappa shape index (κ3) is 2.57. The van der Waals surface area contributed by atoms with Gasteiger partial charge in [-0.15, -0.1) is 0 Å². The molecule has 0 aliphatic rings. The summed E-state index contributed by atoms with van der Waals surface area (Å²) in [4.78, 5) is 11.6. The summed E-state index contributed by atoms with van der Waals surface area (Å²) < 4.78 is 11.0. The fraction of sp³-hybridized carbons (Fsp3) is 0.211. The highest BCUT2D eigenvalue weighted by Gasteiger charge is 2.14. The van der Waals surface area contributed by atoms with E-state index in [-0.39, 0.29) is 0 Å². The van der Waals surface area contributed by atoms with Crippen LogP contribution >= 0.6 is 0 Å². The van der Waals surface area contributed by atoms with Crippen molar-refractivity contribution in [2.24, 2.45) is 0 Å². The van der Waals surface area contributed by atoms with Gasteiger partial charge in [0, 0.05) is 0 Å². The smallest absolute Gasteiger partial charge is 0.336 e. The highest BCUT2D eigenvalue weighted by Crippen LogP contribution is 2.35. The molecule has 4 nitrogen and oxygen atoms in total. The molecule has 1 N–H and O–H groups in total. The van der Waals surface area contributed by atoms with Crippen LogP contribution in [0.1, 0.15) is 22.8 Å². The minimum Gasteiger partial charge on any atom is -0.497 e. The van der Waals surface area contributed by atoms with Crippen molar-refractivity contribution in [1.29, 1.82) is 0 Å². The molecule has 3 aromatic carbocycles. The molecule has 0 heterocycles. The molecule has 3 rings (SSSR count). The predicted octanol–water partition coefficient (Wildman–Crippen LogP) is 4.41. The van der Waals surface area contributed by atoms with E-state index in [0.717, 1.165) is 27.5 Å². The Hall–Kier alpha value is -2.75. The van der Waals surface area contributed by atoms with Crippen molar-refractivity contribution in [3.8, 4) is 11.5 Å². The lowest BCUT2D eigenvalue weighted by Gasteiger charge is -2.13. The van der Waals surface area contributed by atoms with Gasteiger partial charge < -0.3 is 14.6 Å². The molecule has 0 saturated carbocycles. The molecular weight excluding hydrogens is 292 g/mol. The van der Waals surface area contributed by atoms with Gasteiger partial charge in [-0.3, -0.25) is 0 Å². The van der Waals surface area contributed by atoms with Crippen molar-refractivity contribution in [3.05, 3.63) is 47.5 Å². The lowest BCUT2D eigenvalue weighted by Crippen LogP contribution is -1.99. The largest absolute Gasteiger partial charge is 0.497 e. The fourth-order valence-corrected chi connectivity index (χ4v) is 2.89. The number of carboxylic acids is 1. The first kappa shape index (κ1) is 15.2. The van der Waals surface area contributed by atoms with Crippen LogP contribution in [0.5, 0.6) is 11.5 Å². The van der Waals surface area contributed by atoms with Crippen LogP contribution < -0.4 is 9.47 Å². The number of benzene rings is 3. The summed E-state index contributed by atoms with van der Waals surface area (Å²) in [7, 11) is 1.60. The van der Waals surface area contributed by atoms with Crippen LogP contribution in [0.2, 0.25) is 0 Å². The topological polar surface area (TPSA) is 55.8 Å². The number of carboxylic acid groups (broad SMARTS) is 1. The highest BCUT2D eigenvalue weighted by molar-refractivity contribution is 6.16. The SMILES string of the molecule is CCOc1cc2c(cc1C)cc(C(=O)O)c1ccc(OC)cc12. The van der Waals surface area contributed by atoms with Crippen molar-refractivity contribution >= 4 is 27.5 Å². The van der Waals surface area contributed by atoms with E-state index in [1.807, 2.05) is 32.0 Å². The number of rotatable bonds is 4. The molecule has 0 unspecified atom stereocenters. The van der Waals surface area contributed by atoms with Gasteiger partial charge in [0.05, 0.1) is 19.3 Å². The van der Waals surface area contributed by atoms with Crippen molar-refractivity contribution in [3.63, 3.8) is 0 Å². The van der Waals surface area contributed by atoms with Gasteiger partial charge in [-0.05, 0) is 77.4 Å². The quantitative estimate of drug-likeness (QED) is 0.725. The summed E-state index contributed by atoms with van der Waals surface area (Å²) in [5.74, 6) is 0.570. The van der Waals surface area contributed by atoms with Gasteiger partial charge >= 0.3 is 5.97 Å². The van der Waals surface area contributed by atoms with Crippen LogP contribution in [0.4, 0.5) is 0 Å². The lowest BCUT2D eigenvalue weighted by molar-refractivity contribution is 0.0699. The van der Waals surface area contributed by atoms with E-state index in [1.54, 1.807) is 25.3 Å². The monoisotopic (exact) mass is 310 g/mol. The zero-order chi connectivity index (χ0) is 16.6. The lowest BCUT2D eigenvalue weighted by atomic mass is 9.95. The average Bonchev–Trinajstić information content (AvgIpc) is 2.54. The molecule has 3 aromatic rings. The molecular formula is C19H18O4. The molecule has 0 saturated heterocycles. The van der Waals surface area contributed by atoms with Crippen molar-refractivity contribution in [1.82, 2.24) is 0 Å². The number of carbonyl (C=O) groups is 1.